The van der Waals surface area contributed by atoms with Gasteiger partial charge in [0.05, 0.1) is 24.2 Å². The molecule has 0 radical (unpaired) electrons. The number of carbonyl (C=O) groups is 1. The lowest BCUT2D eigenvalue weighted by atomic mass is 10.0. The Balaban J connectivity index is 1.39. The largest absolute Gasteiger partial charge is 0.379 e. The third-order valence-corrected chi connectivity index (χ3v) is 8.32. The fourth-order valence-electron chi connectivity index (χ4n) is 4.13. The monoisotopic (exact) mass is 476 g/mol. The van der Waals surface area contributed by atoms with Crippen LogP contribution in [-0.4, -0.2) is 55.9 Å². The van der Waals surface area contributed by atoms with Crippen LogP contribution in [0, 0.1) is 0 Å². The van der Waals surface area contributed by atoms with Gasteiger partial charge in [-0.2, -0.15) is 4.31 Å². The molecule has 1 saturated carbocycles. The van der Waals surface area contributed by atoms with Crippen molar-refractivity contribution in [3.05, 3.63) is 64.7 Å². The molecule has 8 heteroatoms. The minimum Gasteiger partial charge on any atom is -0.379 e. The minimum absolute atomic E-state index is 0.00620. The van der Waals surface area contributed by atoms with Crippen LogP contribution in [-0.2, 0) is 26.0 Å². The van der Waals surface area contributed by atoms with Gasteiger partial charge in [0, 0.05) is 30.6 Å². The van der Waals surface area contributed by atoms with Crippen molar-refractivity contribution in [1.29, 1.82) is 0 Å². The molecule has 1 atom stereocenters. The van der Waals surface area contributed by atoms with Crippen LogP contribution in [0.15, 0.2) is 53.4 Å². The first-order chi connectivity index (χ1) is 15.4. The Morgan fingerprint density at radius 2 is 1.72 bits per heavy atom. The number of amides is 1. The van der Waals surface area contributed by atoms with Gasteiger partial charge in [0.1, 0.15) is 0 Å². The molecule has 0 bridgehead atoms. The predicted molar refractivity (Wildman–Crippen MR) is 124 cm³/mol. The summed E-state index contributed by atoms with van der Waals surface area (Å²) < 4.78 is 32.2. The van der Waals surface area contributed by atoms with Crippen molar-refractivity contribution in [2.45, 2.75) is 49.6 Å². The van der Waals surface area contributed by atoms with Gasteiger partial charge in [0.25, 0.3) is 0 Å². The number of rotatable bonds is 8. The number of benzene rings is 2. The van der Waals surface area contributed by atoms with Crippen LogP contribution >= 0.6 is 11.6 Å². The molecule has 1 unspecified atom stereocenters. The van der Waals surface area contributed by atoms with E-state index in [0.29, 0.717) is 50.2 Å². The zero-order valence-corrected chi connectivity index (χ0v) is 19.8. The lowest BCUT2D eigenvalue weighted by molar-refractivity contribution is -0.134. The summed E-state index contributed by atoms with van der Waals surface area (Å²) in [6.07, 6.45) is 3.05. The van der Waals surface area contributed by atoms with E-state index in [9.17, 15) is 13.2 Å². The van der Waals surface area contributed by atoms with E-state index in [1.165, 1.54) is 4.31 Å². The zero-order chi connectivity index (χ0) is 22.7. The van der Waals surface area contributed by atoms with E-state index >= 15 is 0 Å². The van der Waals surface area contributed by atoms with Gasteiger partial charge in [-0.05, 0) is 61.6 Å². The van der Waals surface area contributed by atoms with Crippen LogP contribution < -0.4 is 0 Å². The first-order valence-electron chi connectivity index (χ1n) is 11.1. The molecule has 0 spiro atoms. The maximum atomic E-state index is 13.1. The number of hydrogen-bond donors (Lipinski definition) is 0. The molecule has 1 aliphatic heterocycles. The fraction of sp³-hybridized carbons (Fsp3) is 0.458. The molecule has 1 saturated heterocycles. The molecule has 32 heavy (non-hydrogen) atoms. The Morgan fingerprint density at radius 3 is 2.31 bits per heavy atom. The minimum atomic E-state index is -3.50. The normalized spacial score (nSPS) is 18.3. The average Bonchev–Trinajstić information content (AvgIpc) is 3.64. The topological polar surface area (TPSA) is 66.9 Å². The first-order valence-corrected chi connectivity index (χ1v) is 12.9. The van der Waals surface area contributed by atoms with E-state index in [4.69, 9.17) is 16.3 Å². The number of ether oxygens (including phenoxy) is 1. The Kier molecular flexibility index (Phi) is 7.20. The number of nitrogens with zero attached hydrogens (tertiary/aromatic N) is 2. The van der Waals surface area contributed by atoms with Crippen LogP contribution in [0.2, 0.25) is 5.02 Å². The quantitative estimate of drug-likeness (QED) is 0.576. The van der Waals surface area contributed by atoms with Crippen LogP contribution in [0.4, 0.5) is 0 Å². The number of hydrogen-bond acceptors (Lipinski definition) is 4. The van der Waals surface area contributed by atoms with Gasteiger partial charge in [0.15, 0.2) is 0 Å². The van der Waals surface area contributed by atoms with Crippen molar-refractivity contribution in [2.24, 2.45) is 0 Å². The molecule has 0 N–H and O–H groups in total. The van der Waals surface area contributed by atoms with Gasteiger partial charge >= 0.3 is 0 Å². The molecule has 1 amide bonds. The summed E-state index contributed by atoms with van der Waals surface area (Å²) in [7, 11) is -3.50. The second kappa shape index (κ2) is 9.91. The standard InChI is InChI=1S/C24H29ClN2O4S/c1-18(20-5-7-21(25)8-6-20)27(22-9-10-22)24(28)13-4-19-2-11-23(12-3-19)32(29,30)26-14-16-31-17-15-26/h2-3,5-8,11-12,18,22H,4,9-10,13-17H2,1H3. The highest BCUT2D eigenvalue weighted by Crippen LogP contribution is 2.35. The molecular formula is C24H29ClN2O4S. The summed E-state index contributed by atoms with van der Waals surface area (Å²) in [5, 5.41) is 0.685. The number of carbonyl (C=O) groups excluding carboxylic acids is 1. The third kappa shape index (κ3) is 5.34. The third-order valence-electron chi connectivity index (χ3n) is 6.16. The smallest absolute Gasteiger partial charge is 0.243 e. The summed E-state index contributed by atoms with van der Waals surface area (Å²) in [6.45, 7) is 3.66. The summed E-state index contributed by atoms with van der Waals surface area (Å²) in [4.78, 5) is 15.4. The van der Waals surface area contributed by atoms with E-state index in [-0.39, 0.29) is 16.8 Å². The van der Waals surface area contributed by atoms with Gasteiger partial charge in [-0.3, -0.25) is 4.79 Å². The molecular weight excluding hydrogens is 448 g/mol. The lowest BCUT2D eigenvalue weighted by Gasteiger charge is -2.30. The maximum absolute atomic E-state index is 13.1. The van der Waals surface area contributed by atoms with Gasteiger partial charge < -0.3 is 9.64 Å². The van der Waals surface area contributed by atoms with Gasteiger partial charge in [-0.1, -0.05) is 35.9 Å². The summed E-state index contributed by atoms with van der Waals surface area (Å²) in [6, 6.07) is 14.9. The highest BCUT2D eigenvalue weighted by atomic mass is 35.5. The number of aryl methyl sites for hydroxylation is 1. The van der Waals surface area contributed by atoms with Crippen molar-refractivity contribution in [2.75, 3.05) is 26.3 Å². The molecule has 2 aliphatic rings. The summed E-state index contributed by atoms with van der Waals surface area (Å²) in [5.41, 5.74) is 2.03. The summed E-state index contributed by atoms with van der Waals surface area (Å²) >= 11 is 6.01. The second-order valence-corrected chi connectivity index (χ2v) is 10.8. The molecule has 4 rings (SSSR count). The molecule has 0 aromatic heterocycles. The van der Waals surface area contributed by atoms with Crippen LogP contribution in [0.1, 0.15) is 43.4 Å². The number of halogens is 1. The Morgan fingerprint density at radius 1 is 1.09 bits per heavy atom. The number of morpholine rings is 1. The number of sulfonamides is 1. The maximum Gasteiger partial charge on any atom is 0.243 e. The van der Waals surface area contributed by atoms with Gasteiger partial charge in [-0.15, -0.1) is 0 Å². The molecule has 2 fully saturated rings. The Bertz CT molecular complexity index is 1030. The van der Waals surface area contributed by atoms with Crippen LogP contribution in [0.5, 0.6) is 0 Å². The Labute approximate surface area is 195 Å². The highest BCUT2D eigenvalue weighted by molar-refractivity contribution is 7.89. The van der Waals surface area contributed by atoms with Crippen LogP contribution in [0.25, 0.3) is 0 Å². The lowest BCUT2D eigenvalue weighted by Crippen LogP contribution is -2.40. The highest BCUT2D eigenvalue weighted by Gasteiger charge is 2.36. The van der Waals surface area contributed by atoms with Crippen molar-refractivity contribution in [1.82, 2.24) is 9.21 Å². The molecule has 1 aliphatic carbocycles. The van der Waals surface area contributed by atoms with Crippen molar-refractivity contribution in [3.63, 3.8) is 0 Å². The zero-order valence-electron chi connectivity index (χ0n) is 18.2. The summed E-state index contributed by atoms with van der Waals surface area (Å²) in [5.74, 6) is 0.125. The van der Waals surface area contributed by atoms with Crippen molar-refractivity contribution >= 4 is 27.5 Å². The van der Waals surface area contributed by atoms with Gasteiger partial charge in [-0.25, -0.2) is 8.42 Å². The van der Waals surface area contributed by atoms with E-state index in [1.807, 2.05) is 41.3 Å². The van der Waals surface area contributed by atoms with E-state index in [2.05, 4.69) is 6.92 Å². The van der Waals surface area contributed by atoms with Gasteiger partial charge in [0.2, 0.25) is 15.9 Å². The fourth-order valence-corrected chi connectivity index (χ4v) is 5.67. The van der Waals surface area contributed by atoms with E-state index in [0.717, 1.165) is 24.0 Å². The van der Waals surface area contributed by atoms with Crippen LogP contribution in [0.3, 0.4) is 0 Å². The molecule has 6 nitrogen and oxygen atoms in total. The molecule has 1 heterocycles. The molecule has 2 aromatic rings. The molecule has 2 aromatic carbocycles. The van der Waals surface area contributed by atoms with E-state index < -0.39 is 10.0 Å². The average molecular weight is 477 g/mol. The SMILES string of the molecule is CC(c1ccc(Cl)cc1)N(C(=O)CCc1ccc(S(=O)(=O)N2CCOCC2)cc1)C1CC1. The Hall–Kier alpha value is -1.93. The first kappa shape index (κ1) is 23.2. The van der Waals surface area contributed by atoms with Crippen molar-refractivity contribution < 1.29 is 17.9 Å². The second-order valence-electron chi connectivity index (χ2n) is 8.42. The predicted octanol–water partition coefficient (Wildman–Crippen LogP) is 4.05. The van der Waals surface area contributed by atoms with E-state index in [1.54, 1.807) is 12.1 Å². The van der Waals surface area contributed by atoms with Crippen molar-refractivity contribution in [3.8, 4) is 0 Å². The molecule has 172 valence electrons.